The van der Waals surface area contributed by atoms with E-state index in [0.717, 1.165) is 30.4 Å². The zero-order chi connectivity index (χ0) is 19.8. The SMILES string of the molecule is COC(=O)CCCCCNC(=S)N1Cc2c(OC)ccc(OC)c2[C@H](O)C1. The van der Waals surface area contributed by atoms with Crippen molar-refractivity contribution in [2.24, 2.45) is 0 Å². The summed E-state index contributed by atoms with van der Waals surface area (Å²) in [5, 5.41) is 14.4. The summed E-state index contributed by atoms with van der Waals surface area (Å²) < 4.78 is 15.5. The third-order valence-electron chi connectivity index (χ3n) is 4.64. The van der Waals surface area contributed by atoms with Gasteiger partial charge in [0.25, 0.3) is 0 Å². The molecule has 0 saturated heterocycles. The van der Waals surface area contributed by atoms with Crippen molar-refractivity contribution in [2.75, 3.05) is 34.4 Å². The van der Waals surface area contributed by atoms with E-state index >= 15 is 0 Å². The fourth-order valence-corrected chi connectivity index (χ4v) is 3.45. The molecule has 0 bridgehead atoms. The molecular weight excluding hydrogens is 368 g/mol. The number of unbranched alkanes of at least 4 members (excludes halogenated alkanes) is 2. The summed E-state index contributed by atoms with van der Waals surface area (Å²) in [6.45, 7) is 1.65. The van der Waals surface area contributed by atoms with E-state index in [2.05, 4.69) is 10.1 Å². The number of hydrogen-bond donors (Lipinski definition) is 2. The number of hydrogen-bond acceptors (Lipinski definition) is 6. The Morgan fingerprint density at radius 2 is 1.93 bits per heavy atom. The van der Waals surface area contributed by atoms with Crippen LogP contribution in [0.5, 0.6) is 11.5 Å². The molecule has 27 heavy (non-hydrogen) atoms. The quantitative estimate of drug-likeness (QED) is 0.393. The third kappa shape index (κ3) is 5.46. The number of benzene rings is 1. The number of carbonyl (C=O) groups excluding carboxylic acids is 1. The van der Waals surface area contributed by atoms with Crippen molar-refractivity contribution >= 4 is 23.3 Å². The molecule has 1 aliphatic rings. The summed E-state index contributed by atoms with van der Waals surface area (Å²) in [5.41, 5.74) is 1.65. The maximum absolute atomic E-state index is 11.1. The van der Waals surface area contributed by atoms with Crippen LogP contribution in [0.3, 0.4) is 0 Å². The predicted molar refractivity (Wildman–Crippen MR) is 106 cm³/mol. The number of esters is 1. The van der Waals surface area contributed by atoms with Gasteiger partial charge in [0, 0.05) is 30.6 Å². The van der Waals surface area contributed by atoms with Gasteiger partial charge in [0.15, 0.2) is 5.11 Å². The van der Waals surface area contributed by atoms with Gasteiger partial charge in [-0.1, -0.05) is 6.42 Å². The molecule has 0 amide bonds. The Hall–Kier alpha value is -2.06. The van der Waals surface area contributed by atoms with Gasteiger partial charge in [0.2, 0.25) is 0 Å². The number of carbonyl (C=O) groups is 1. The predicted octanol–water partition coefficient (Wildman–Crippen LogP) is 2.16. The summed E-state index contributed by atoms with van der Waals surface area (Å²) in [5.74, 6) is 1.19. The lowest BCUT2D eigenvalue weighted by atomic mass is 9.95. The molecular formula is C19H28N2O5S. The maximum Gasteiger partial charge on any atom is 0.305 e. The van der Waals surface area contributed by atoms with Crippen LogP contribution in [0.25, 0.3) is 0 Å². The average molecular weight is 397 g/mol. The first-order valence-electron chi connectivity index (χ1n) is 9.03. The highest BCUT2D eigenvalue weighted by Gasteiger charge is 2.30. The standard InChI is InChI=1S/C19H28N2O5S/c1-24-15-8-9-16(25-2)18-13(15)11-21(12-14(18)22)19(27)20-10-6-4-5-7-17(23)26-3/h8-9,14,22H,4-7,10-12H2,1-3H3,(H,20,27)/t14-/m1/s1. The first-order valence-corrected chi connectivity index (χ1v) is 9.44. The van der Waals surface area contributed by atoms with Crippen LogP contribution in [0.1, 0.15) is 42.9 Å². The van der Waals surface area contributed by atoms with Crippen LogP contribution >= 0.6 is 12.2 Å². The highest BCUT2D eigenvalue weighted by molar-refractivity contribution is 7.80. The largest absolute Gasteiger partial charge is 0.496 e. The van der Waals surface area contributed by atoms with Crippen molar-refractivity contribution in [2.45, 2.75) is 38.3 Å². The average Bonchev–Trinajstić information content (AvgIpc) is 2.68. The minimum Gasteiger partial charge on any atom is -0.496 e. The first-order chi connectivity index (χ1) is 13.0. The molecule has 1 aromatic rings. The van der Waals surface area contributed by atoms with E-state index in [1.807, 2.05) is 11.0 Å². The van der Waals surface area contributed by atoms with Crippen LogP contribution in [0.2, 0.25) is 0 Å². The number of β-amino-alcohol motifs (C(OH)–C–C–N with tert-alkyl or cyclic N) is 1. The Labute approximate surface area is 165 Å². The van der Waals surface area contributed by atoms with E-state index in [1.165, 1.54) is 7.11 Å². The van der Waals surface area contributed by atoms with E-state index in [0.29, 0.717) is 42.7 Å². The number of methoxy groups -OCH3 is 3. The van der Waals surface area contributed by atoms with Crippen LogP contribution in [0, 0.1) is 0 Å². The smallest absolute Gasteiger partial charge is 0.305 e. The summed E-state index contributed by atoms with van der Waals surface area (Å²) >= 11 is 5.49. The van der Waals surface area contributed by atoms with Crippen LogP contribution in [0.15, 0.2) is 12.1 Å². The fourth-order valence-electron chi connectivity index (χ4n) is 3.21. The molecule has 0 radical (unpaired) electrons. The van der Waals surface area contributed by atoms with Gasteiger partial charge < -0.3 is 29.5 Å². The highest BCUT2D eigenvalue weighted by Crippen LogP contribution is 2.39. The number of thiocarbonyl (C=S) groups is 1. The van der Waals surface area contributed by atoms with Crippen molar-refractivity contribution < 1.29 is 24.1 Å². The molecule has 1 aliphatic heterocycles. The second-order valence-corrected chi connectivity index (χ2v) is 6.76. The lowest BCUT2D eigenvalue weighted by Crippen LogP contribution is -2.44. The number of nitrogens with one attached hydrogen (secondary N) is 1. The van der Waals surface area contributed by atoms with Crippen LogP contribution in [-0.2, 0) is 16.1 Å². The van der Waals surface area contributed by atoms with Gasteiger partial charge in [-0.05, 0) is 37.2 Å². The monoisotopic (exact) mass is 396 g/mol. The Balaban J connectivity index is 1.90. The molecule has 0 aromatic heterocycles. The molecule has 0 unspecified atom stereocenters. The van der Waals surface area contributed by atoms with Crippen LogP contribution < -0.4 is 14.8 Å². The Bertz CT molecular complexity index is 668. The molecule has 0 spiro atoms. The summed E-state index contributed by atoms with van der Waals surface area (Å²) in [6.07, 6.45) is 2.35. The van der Waals surface area contributed by atoms with Crippen molar-refractivity contribution in [1.29, 1.82) is 0 Å². The van der Waals surface area contributed by atoms with Gasteiger partial charge >= 0.3 is 5.97 Å². The van der Waals surface area contributed by atoms with Crippen molar-refractivity contribution in [3.05, 3.63) is 23.3 Å². The topological polar surface area (TPSA) is 80.3 Å². The summed E-state index contributed by atoms with van der Waals surface area (Å²) in [4.78, 5) is 13.0. The minimum atomic E-state index is -0.710. The maximum atomic E-state index is 11.1. The van der Waals surface area contributed by atoms with Crippen LogP contribution in [0.4, 0.5) is 0 Å². The number of rotatable bonds is 8. The van der Waals surface area contributed by atoms with Gasteiger partial charge in [-0.2, -0.15) is 0 Å². The van der Waals surface area contributed by atoms with Gasteiger partial charge in [-0.3, -0.25) is 4.79 Å². The molecule has 0 saturated carbocycles. The number of ether oxygens (including phenoxy) is 3. The second-order valence-electron chi connectivity index (χ2n) is 6.38. The van der Waals surface area contributed by atoms with E-state index in [9.17, 15) is 9.90 Å². The van der Waals surface area contributed by atoms with E-state index in [1.54, 1.807) is 20.3 Å². The lowest BCUT2D eigenvalue weighted by molar-refractivity contribution is -0.140. The van der Waals surface area contributed by atoms with Crippen molar-refractivity contribution in [1.82, 2.24) is 10.2 Å². The molecule has 1 heterocycles. The Kier molecular flexibility index (Phi) is 8.12. The molecule has 7 nitrogen and oxygen atoms in total. The van der Waals surface area contributed by atoms with E-state index < -0.39 is 6.10 Å². The molecule has 2 rings (SSSR count). The van der Waals surface area contributed by atoms with Gasteiger partial charge in [-0.25, -0.2) is 0 Å². The molecule has 1 atom stereocenters. The molecule has 0 aliphatic carbocycles. The third-order valence-corrected chi connectivity index (χ3v) is 5.04. The molecule has 1 aromatic carbocycles. The van der Waals surface area contributed by atoms with E-state index in [-0.39, 0.29) is 5.97 Å². The number of fused-ring (bicyclic) bond motifs is 1. The summed E-state index contributed by atoms with van der Waals surface area (Å²) in [6, 6.07) is 3.65. The zero-order valence-corrected chi connectivity index (χ0v) is 16.9. The molecule has 8 heteroatoms. The number of aliphatic hydroxyl groups excluding tert-OH is 1. The summed E-state index contributed by atoms with van der Waals surface area (Å²) in [7, 11) is 4.60. The zero-order valence-electron chi connectivity index (χ0n) is 16.1. The van der Waals surface area contributed by atoms with Gasteiger partial charge in [0.05, 0.1) is 27.9 Å². The fraction of sp³-hybridized carbons (Fsp3) is 0.579. The van der Waals surface area contributed by atoms with Gasteiger partial charge in [0.1, 0.15) is 17.6 Å². The normalized spacial score (nSPS) is 15.7. The number of nitrogens with zero attached hydrogens (tertiary/aromatic N) is 1. The van der Waals surface area contributed by atoms with Gasteiger partial charge in [-0.15, -0.1) is 0 Å². The van der Waals surface area contributed by atoms with Crippen molar-refractivity contribution in [3.63, 3.8) is 0 Å². The highest BCUT2D eigenvalue weighted by atomic mass is 32.1. The minimum absolute atomic E-state index is 0.177. The lowest BCUT2D eigenvalue weighted by Gasteiger charge is -2.35. The first kappa shape index (κ1) is 21.2. The Morgan fingerprint density at radius 1 is 1.22 bits per heavy atom. The van der Waals surface area contributed by atoms with Crippen LogP contribution in [-0.4, -0.2) is 55.5 Å². The Morgan fingerprint density at radius 3 is 2.59 bits per heavy atom. The molecule has 2 N–H and O–H groups in total. The second kappa shape index (κ2) is 10.3. The molecule has 150 valence electrons. The van der Waals surface area contributed by atoms with E-state index in [4.69, 9.17) is 21.7 Å². The van der Waals surface area contributed by atoms with Crippen molar-refractivity contribution in [3.8, 4) is 11.5 Å². The molecule has 0 fully saturated rings. The number of aliphatic hydroxyl groups is 1.